The van der Waals surface area contributed by atoms with Crippen LogP contribution in [0.25, 0.3) is 5.57 Å². The van der Waals surface area contributed by atoms with E-state index in [1.807, 2.05) is 36.4 Å². The Hall–Kier alpha value is -3.18. The maximum absolute atomic E-state index is 12.8. The van der Waals surface area contributed by atoms with E-state index in [0.717, 1.165) is 17.4 Å². The highest BCUT2D eigenvalue weighted by molar-refractivity contribution is 7.88. The highest BCUT2D eigenvalue weighted by atomic mass is 32.2. The Morgan fingerprint density at radius 1 is 1.12 bits per heavy atom. The molecule has 1 atom stereocenters. The van der Waals surface area contributed by atoms with Crippen molar-refractivity contribution in [3.05, 3.63) is 53.6 Å². The number of nitrogens with zero attached hydrogens (tertiary/aromatic N) is 1. The summed E-state index contributed by atoms with van der Waals surface area (Å²) in [7, 11) is -3.35. The van der Waals surface area contributed by atoms with Gasteiger partial charge in [0.1, 0.15) is 6.04 Å². The highest BCUT2D eigenvalue weighted by Gasteiger charge is 2.24. The van der Waals surface area contributed by atoms with Gasteiger partial charge in [0.2, 0.25) is 21.8 Å². The van der Waals surface area contributed by atoms with Crippen LogP contribution in [0, 0.1) is 0 Å². The second kappa shape index (κ2) is 12.0. The van der Waals surface area contributed by atoms with Crippen LogP contribution in [0.1, 0.15) is 24.8 Å². The number of carbonyl (C=O) groups is 2. The molecule has 1 unspecified atom stereocenters. The predicted molar refractivity (Wildman–Crippen MR) is 125 cm³/mol. The summed E-state index contributed by atoms with van der Waals surface area (Å²) in [6.07, 6.45) is 5.95. The first-order chi connectivity index (χ1) is 15.2. The third-order valence-corrected chi connectivity index (χ3v) is 5.39. The Morgan fingerprint density at radius 3 is 2.50 bits per heavy atom. The van der Waals surface area contributed by atoms with Gasteiger partial charge < -0.3 is 22.1 Å². The van der Waals surface area contributed by atoms with Crippen LogP contribution in [0.3, 0.4) is 0 Å². The Bertz CT molecular complexity index is 998. The summed E-state index contributed by atoms with van der Waals surface area (Å²) in [5.74, 6) is -0.783. The topological polar surface area (TPSA) is 169 Å². The monoisotopic (exact) mass is 462 g/mol. The van der Waals surface area contributed by atoms with Crippen LogP contribution >= 0.6 is 0 Å². The van der Waals surface area contributed by atoms with Crippen LogP contribution < -0.4 is 26.8 Å². The minimum Gasteiger partial charge on any atom is -0.370 e. The van der Waals surface area contributed by atoms with Gasteiger partial charge in [-0.25, -0.2) is 13.1 Å². The number of carbonyl (C=O) groups excluding carboxylic acids is 2. The van der Waals surface area contributed by atoms with E-state index >= 15 is 0 Å². The Balaban J connectivity index is 1.93. The van der Waals surface area contributed by atoms with Gasteiger partial charge in [-0.15, -0.1) is 0 Å². The molecule has 11 heteroatoms. The van der Waals surface area contributed by atoms with Gasteiger partial charge in [-0.1, -0.05) is 42.5 Å². The van der Waals surface area contributed by atoms with Crippen LogP contribution in [0.4, 0.5) is 0 Å². The molecule has 0 saturated heterocycles. The van der Waals surface area contributed by atoms with Crippen molar-refractivity contribution in [3.63, 3.8) is 0 Å². The lowest BCUT2D eigenvalue weighted by Gasteiger charge is -2.19. The summed E-state index contributed by atoms with van der Waals surface area (Å²) in [6, 6.07) is 8.94. The molecule has 1 aromatic carbocycles. The molecule has 0 radical (unpaired) electrons. The Labute approximate surface area is 188 Å². The zero-order chi connectivity index (χ0) is 23.6. The molecule has 1 aromatic rings. The molecule has 2 rings (SSSR count). The molecule has 0 saturated carbocycles. The fourth-order valence-corrected chi connectivity index (χ4v) is 3.57. The molecule has 32 heavy (non-hydrogen) atoms. The van der Waals surface area contributed by atoms with Gasteiger partial charge in [-0.2, -0.15) is 0 Å². The summed E-state index contributed by atoms with van der Waals surface area (Å²) in [5.41, 5.74) is 13.3. The molecule has 1 aliphatic carbocycles. The van der Waals surface area contributed by atoms with Gasteiger partial charge in [0.15, 0.2) is 5.96 Å². The fraction of sp³-hybridized carbons (Fsp3) is 0.381. The van der Waals surface area contributed by atoms with Crippen molar-refractivity contribution in [1.82, 2.24) is 15.4 Å². The summed E-state index contributed by atoms with van der Waals surface area (Å²) in [5, 5.41) is 5.41. The number of rotatable bonds is 12. The average molecular weight is 463 g/mol. The van der Waals surface area contributed by atoms with Crippen molar-refractivity contribution in [2.24, 2.45) is 16.5 Å². The number of benzene rings is 1. The molecule has 7 N–H and O–H groups in total. The number of nitrogens with two attached hydrogens (primary N) is 2. The average Bonchev–Trinajstić information content (AvgIpc) is 3.23. The molecule has 1 aliphatic rings. The van der Waals surface area contributed by atoms with E-state index < -0.39 is 22.0 Å². The van der Waals surface area contributed by atoms with Gasteiger partial charge in [0.25, 0.3) is 0 Å². The quantitative estimate of drug-likeness (QED) is 0.161. The standard InChI is InChI=1S/C21H30N6O4S/c1-32(30,31)26-13-12-24-20(29)18(8-5-11-25-21(22)23)27-19(28)17-10-9-16(14-17)15-6-3-2-4-7-15/h2-4,6-7,9-10,18,26H,5,8,11-14H2,1H3,(H,24,29)(H,27,28)(H4,22,23,25). The van der Waals surface area contributed by atoms with Crippen molar-refractivity contribution >= 4 is 33.4 Å². The molecular weight excluding hydrogens is 432 g/mol. The van der Waals surface area contributed by atoms with Gasteiger partial charge in [0, 0.05) is 31.6 Å². The van der Waals surface area contributed by atoms with E-state index in [9.17, 15) is 18.0 Å². The SMILES string of the molecule is CS(=O)(=O)NCCNC(=O)C(CCCN=C(N)N)NC(=O)C1=CC=C(c2ccccc2)C1. The van der Waals surface area contributed by atoms with Crippen LogP contribution in [-0.2, 0) is 19.6 Å². The van der Waals surface area contributed by atoms with Crippen molar-refractivity contribution in [3.8, 4) is 0 Å². The molecule has 0 fully saturated rings. The van der Waals surface area contributed by atoms with E-state index in [-0.39, 0.29) is 25.0 Å². The third kappa shape index (κ3) is 8.90. The highest BCUT2D eigenvalue weighted by Crippen LogP contribution is 2.28. The van der Waals surface area contributed by atoms with Crippen molar-refractivity contribution in [2.75, 3.05) is 25.9 Å². The molecule has 0 aliphatic heterocycles. The number of allylic oxidation sites excluding steroid dienone is 3. The van der Waals surface area contributed by atoms with E-state index in [2.05, 4.69) is 20.3 Å². The summed E-state index contributed by atoms with van der Waals surface area (Å²) in [6.45, 7) is 0.462. The number of sulfonamides is 1. The third-order valence-electron chi connectivity index (χ3n) is 4.66. The maximum atomic E-state index is 12.8. The van der Waals surface area contributed by atoms with Crippen LogP contribution in [0.15, 0.2) is 53.0 Å². The second-order valence-electron chi connectivity index (χ2n) is 7.36. The van der Waals surface area contributed by atoms with E-state index in [1.165, 1.54) is 0 Å². The van der Waals surface area contributed by atoms with Gasteiger partial charge in [0.05, 0.1) is 6.26 Å². The second-order valence-corrected chi connectivity index (χ2v) is 9.19. The molecule has 2 amide bonds. The van der Waals surface area contributed by atoms with E-state index in [1.54, 1.807) is 6.08 Å². The Kier molecular flexibility index (Phi) is 9.41. The van der Waals surface area contributed by atoms with Crippen molar-refractivity contribution in [2.45, 2.75) is 25.3 Å². The minimum absolute atomic E-state index is 0.0440. The number of aliphatic imine (C=N–C) groups is 1. The lowest BCUT2D eigenvalue weighted by molar-refractivity contribution is -0.127. The predicted octanol–water partition coefficient (Wildman–Crippen LogP) is -0.396. The van der Waals surface area contributed by atoms with Gasteiger partial charge in [-0.05, 0) is 24.0 Å². The molecule has 174 valence electrons. The molecular formula is C21H30N6O4S. The van der Waals surface area contributed by atoms with Crippen LogP contribution in [0.5, 0.6) is 0 Å². The summed E-state index contributed by atoms with van der Waals surface area (Å²) in [4.78, 5) is 29.3. The van der Waals surface area contributed by atoms with Crippen molar-refractivity contribution < 1.29 is 18.0 Å². The first kappa shape index (κ1) is 25.1. The summed E-state index contributed by atoms with van der Waals surface area (Å²) < 4.78 is 24.6. The molecule has 0 aromatic heterocycles. The number of amides is 2. The molecule has 10 nitrogen and oxygen atoms in total. The number of guanidine groups is 1. The zero-order valence-electron chi connectivity index (χ0n) is 18.0. The molecule has 0 spiro atoms. The lowest BCUT2D eigenvalue weighted by atomic mass is 10.0. The maximum Gasteiger partial charge on any atom is 0.248 e. The number of hydrogen-bond acceptors (Lipinski definition) is 5. The number of nitrogens with one attached hydrogen (secondary N) is 3. The molecule has 0 bridgehead atoms. The Morgan fingerprint density at radius 2 is 1.84 bits per heavy atom. The smallest absolute Gasteiger partial charge is 0.248 e. The summed E-state index contributed by atoms with van der Waals surface area (Å²) >= 11 is 0. The fourth-order valence-electron chi connectivity index (χ4n) is 3.10. The van der Waals surface area contributed by atoms with E-state index in [4.69, 9.17) is 11.5 Å². The van der Waals surface area contributed by atoms with Gasteiger partial charge in [-0.3, -0.25) is 14.6 Å². The first-order valence-corrected chi connectivity index (χ1v) is 12.1. The van der Waals surface area contributed by atoms with E-state index in [0.29, 0.717) is 31.4 Å². The van der Waals surface area contributed by atoms with Gasteiger partial charge >= 0.3 is 0 Å². The van der Waals surface area contributed by atoms with Crippen molar-refractivity contribution in [1.29, 1.82) is 0 Å². The minimum atomic E-state index is -3.35. The van der Waals surface area contributed by atoms with Crippen LogP contribution in [-0.4, -0.2) is 58.1 Å². The zero-order valence-corrected chi connectivity index (χ0v) is 18.8. The number of hydrogen-bond donors (Lipinski definition) is 5. The van der Waals surface area contributed by atoms with Crippen LogP contribution in [0.2, 0.25) is 0 Å². The normalized spacial score (nSPS) is 14.2. The first-order valence-electron chi connectivity index (χ1n) is 10.2. The lowest BCUT2D eigenvalue weighted by Crippen LogP contribution is -2.48. The largest absolute Gasteiger partial charge is 0.370 e. The molecule has 0 heterocycles.